The number of benzene rings is 2. The molecule has 1 amide bonds. The average Bonchev–Trinajstić information content (AvgIpc) is 2.84. The lowest BCUT2D eigenvalue weighted by molar-refractivity contribution is 0.0708. The van der Waals surface area contributed by atoms with Crippen molar-refractivity contribution in [2.45, 2.75) is 25.7 Å². The second-order valence-electron chi connectivity index (χ2n) is 8.25. The molecule has 4 rings (SSSR count). The molecule has 1 aliphatic heterocycles. The molecule has 178 valence electrons. The van der Waals surface area contributed by atoms with E-state index in [2.05, 4.69) is 5.32 Å². The highest BCUT2D eigenvalue weighted by atomic mass is 35.5. The van der Waals surface area contributed by atoms with Crippen molar-refractivity contribution in [3.63, 3.8) is 0 Å². The third-order valence-corrected chi connectivity index (χ3v) is 6.47. The molecule has 9 heteroatoms. The molecule has 0 bridgehead atoms. The van der Waals surface area contributed by atoms with E-state index in [0.29, 0.717) is 24.3 Å². The van der Waals surface area contributed by atoms with Crippen LogP contribution in [-0.4, -0.2) is 35.7 Å². The number of hydrogen-bond donors (Lipinski definition) is 1. The van der Waals surface area contributed by atoms with Gasteiger partial charge in [0.2, 0.25) is 0 Å². The van der Waals surface area contributed by atoms with Gasteiger partial charge in [-0.1, -0.05) is 23.7 Å². The molecular weight excluding hydrogens is 464 g/mol. The maximum Gasteiger partial charge on any atom is 0.303 e. The van der Waals surface area contributed by atoms with Crippen LogP contribution in [0.3, 0.4) is 0 Å². The van der Waals surface area contributed by atoms with Gasteiger partial charge in [-0.15, -0.1) is 0 Å². The molecule has 2 aromatic carbocycles. The molecule has 0 aliphatic carbocycles. The van der Waals surface area contributed by atoms with Crippen LogP contribution in [-0.2, 0) is 0 Å². The minimum absolute atomic E-state index is 0.139. The topological polar surface area (TPSA) is 63.6 Å². The summed E-state index contributed by atoms with van der Waals surface area (Å²) in [5.41, 5.74) is 1.82. The Balaban J connectivity index is 1.62. The summed E-state index contributed by atoms with van der Waals surface area (Å²) in [5.74, 6) is -0.768. The molecule has 1 N–H and O–H groups in total. The van der Waals surface area contributed by atoms with Gasteiger partial charge in [-0.3, -0.25) is 9.59 Å². The monoisotopic (exact) mass is 487 g/mol. The molecule has 0 atom stereocenters. The van der Waals surface area contributed by atoms with E-state index < -0.39 is 11.4 Å². The van der Waals surface area contributed by atoms with E-state index in [1.807, 2.05) is 0 Å². The molecule has 2 heterocycles. The van der Waals surface area contributed by atoms with Crippen molar-refractivity contribution in [2.75, 3.05) is 25.5 Å². The van der Waals surface area contributed by atoms with Gasteiger partial charge in [0.25, 0.3) is 5.91 Å². The summed E-state index contributed by atoms with van der Waals surface area (Å²) < 4.78 is 27.7. The lowest BCUT2D eigenvalue weighted by Crippen LogP contribution is -2.39. The SMILES string of the molecule is COn1cc(C(=O)N2CCC(c3ccc(F)cc3)CC2)c(Nc2ccc(F)cc2C)c(Cl)c1=O. The normalized spacial score (nSPS) is 14.2. The third kappa shape index (κ3) is 4.77. The van der Waals surface area contributed by atoms with Crippen LogP contribution < -0.4 is 15.7 Å². The molecule has 0 radical (unpaired) electrons. The second-order valence-corrected chi connectivity index (χ2v) is 8.63. The van der Waals surface area contributed by atoms with E-state index in [-0.39, 0.29) is 33.9 Å². The molecule has 0 saturated carbocycles. The van der Waals surface area contributed by atoms with E-state index in [4.69, 9.17) is 16.4 Å². The summed E-state index contributed by atoms with van der Waals surface area (Å²) in [7, 11) is 1.30. The molecule has 0 spiro atoms. The Morgan fingerprint density at radius 1 is 1.09 bits per heavy atom. The van der Waals surface area contributed by atoms with Crippen molar-refractivity contribution < 1.29 is 18.4 Å². The number of nitrogens with one attached hydrogen (secondary N) is 1. The van der Waals surface area contributed by atoms with Gasteiger partial charge in [0.05, 0.1) is 17.4 Å². The first-order valence-corrected chi connectivity index (χ1v) is 11.2. The number of likely N-dealkylation sites (tertiary alicyclic amines) is 1. The van der Waals surface area contributed by atoms with Crippen LogP contribution in [0.25, 0.3) is 0 Å². The average molecular weight is 488 g/mol. The zero-order chi connectivity index (χ0) is 24.4. The molecule has 34 heavy (non-hydrogen) atoms. The first-order chi connectivity index (χ1) is 16.3. The van der Waals surface area contributed by atoms with Crippen LogP contribution in [0.2, 0.25) is 5.02 Å². The molecule has 1 fully saturated rings. The number of piperidine rings is 1. The first-order valence-electron chi connectivity index (χ1n) is 10.9. The molecule has 1 aromatic heterocycles. The van der Waals surface area contributed by atoms with Crippen molar-refractivity contribution >= 4 is 28.9 Å². The van der Waals surface area contributed by atoms with Crippen LogP contribution in [0.15, 0.2) is 53.5 Å². The smallest absolute Gasteiger partial charge is 0.303 e. The summed E-state index contributed by atoms with van der Waals surface area (Å²) in [5, 5.41) is 2.83. The summed E-state index contributed by atoms with van der Waals surface area (Å²) in [6.45, 7) is 2.68. The fraction of sp³-hybridized carbons (Fsp3) is 0.280. The van der Waals surface area contributed by atoms with Gasteiger partial charge < -0.3 is 15.1 Å². The van der Waals surface area contributed by atoms with Crippen LogP contribution in [0.1, 0.15) is 40.2 Å². The predicted octanol–water partition coefficient (Wildman–Crippen LogP) is 4.91. The minimum atomic E-state index is -0.627. The van der Waals surface area contributed by atoms with Gasteiger partial charge in [0.15, 0.2) is 0 Å². The first kappa shape index (κ1) is 23.8. The fourth-order valence-corrected chi connectivity index (χ4v) is 4.44. The molecule has 3 aromatic rings. The van der Waals surface area contributed by atoms with Crippen molar-refractivity contribution in [3.05, 3.63) is 92.4 Å². The Morgan fingerprint density at radius 3 is 2.35 bits per heavy atom. The van der Waals surface area contributed by atoms with Gasteiger partial charge in [-0.2, -0.15) is 4.73 Å². The van der Waals surface area contributed by atoms with E-state index in [1.165, 1.54) is 43.6 Å². The standard InChI is InChI=1S/C25H24ClF2N3O3/c1-15-13-19(28)7-8-21(15)29-23-20(14-31(34-2)25(33)22(23)26)24(32)30-11-9-17(10-12-30)16-3-5-18(27)6-4-16/h3-8,13-14,17,29H,9-12H2,1-2H3. The highest BCUT2D eigenvalue weighted by molar-refractivity contribution is 6.34. The van der Waals surface area contributed by atoms with E-state index in [9.17, 15) is 18.4 Å². The van der Waals surface area contributed by atoms with Crippen molar-refractivity contribution in [2.24, 2.45) is 0 Å². The van der Waals surface area contributed by atoms with Crippen molar-refractivity contribution in [1.82, 2.24) is 9.63 Å². The van der Waals surface area contributed by atoms with E-state index in [1.54, 1.807) is 24.0 Å². The summed E-state index contributed by atoms with van der Waals surface area (Å²) in [4.78, 5) is 32.9. The highest BCUT2D eigenvalue weighted by Gasteiger charge is 2.28. The van der Waals surface area contributed by atoms with Gasteiger partial charge in [-0.25, -0.2) is 8.78 Å². The predicted molar refractivity (Wildman–Crippen MR) is 127 cm³/mol. The molecule has 1 aliphatic rings. The number of aromatic nitrogens is 1. The number of hydrogen-bond acceptors (Lipinski definition) is 4. The largest absolute Gasteiger partial charge is 0.414 e. The van der Waals surface area contributed by atoms with Gasteiger partial charge in [-0.05, 0) is 67.1 Å². The van der Waals surface area contributed by atoms with Gasteiger partial charge in [0, 0.05) is 18.8 Å². The number of halogens is 3. The minimum Gasteiger partial charge on any atom is -0.414 e. The zero-order valence-electron chi connectivity index (χ0n) is 18.8. The van der Waals surface area contributed by atoms with Crippen LogP contribution >= 0.6 is 11.6 Å². The van der Waals surface area contributed by atoms with Gasteiger partial charge >= 0.3 is 5.56 Å². The molecular formula is C25H24ClF2N3O3. The number of aryl methyl sites for hydroxylation is 1. The number of carbonyl (C=O) groups excluding carboxylic acids is 1. The lowest BCUT2D eigenvalue weighted by Gasteiger charge is -2.33. The summed E-state index contributed by atoms with van der Waals surface area (Å²) in [6, 6.07) is 10.6. The summed E-state index contributed by atoms with van der Waals surface area (Å²) >= 11 is 6.36. The number of anilines is 2. The number of carbonyl (C=O) groups is 1. The number of pyridine rings is 1. The Labute approximate surface area is 200 Å². The fourth-order valence-electron chi connectivity index (χ4n) is 4.21. The third-order valence-electron chi connectivity index (χ3n) is 6.12. The maximum atomic E-state index is 13.5. The van der Waals surface area contributed by atoms with E-state index in [0.717, 1.165) is 23.1 Å². The number of rotatable bonds is 5. The Bertz CT molecular complexity index is 1270. The van der Waals surface area contributed by atoms with Crippen LogP contribution in [0.5, 0.6) is 0 Å². The molecule has 6 nitrogen and oxygen atoms in total. The van der Waals surface area contributed by atoms with Crippen molar-refractivity contribution in [3.8, 4) is 0 Å². The van der Waals surface area contributed by atoms with Crippen molar-refractivity contribution in [1.29, 1.82) is 0 Å². The Morgan fingerprint density at radius 2 is 1.74 bits per heavy atom. The number of amides is 1. The van der Waals surface area contributed by atoms with Crippen LogP contribution in [0, 0.1) is 18.6 Å². The second kappa shape index (κ2) is 9.85. The quantitative estimate of drug-likeness (QED) is 0.555. The molecule has 0 unspecified atom stereocenters. The lowest BCUT2D eigenvalue weighted by atomic mass is 9.89. The number of nitrogens with zero attached hydrogens (tertiary/aromatic N) is 2. The van der Waals surface area contributed by atoms with Crippen LogP contribution in [0.4, 0.5) is 20.2 Å². The zero-order valence-corrected chi connectivity index (χ0v) is 19.5. The van der Waals surface area contributed by atoms with E-state index >= 15 is 0 Å². The van der Waals surface area contributed by atoms with Gasteiger partial charge in [0.1, 0.15) is 23.8 Å². The highest BCUT2D eigenvalue weighted by Crippen LogP contribution is 2.32. The maximum absolute atomic E-state index is 13.5. The Kier molecular flexibility index (Phi) is 6.88. The molecule has 1 saturated heterocycles. The summed E-state index contributed by atoms with van der Waals surface area (Å²) in [6.07, 6.45) is 2.74. The Hall–Kier alpha value is -3.39.